The van der Waals surface area contributed by atoms with Crippen LogP contribution >= 0.6 is 0 Å². The van der Waals surface area contributed by atoms with Crippen molar-refractivity contribution in [1.29, 1.82) is 0 Å². The largest absolute Gasteiger partial charge is 0.376 e. The van der Waals surface area contributed by atoms with Crippen LogP contribution in [0, 0.1) is 10.1 Å². The molecule has 0 aromatic rings. The molecule has 0 saturated carbocycles. The summed E-state index contributed by atoms with van der Waals surface area (Å²) in [5.74, 6) is 0.331. The molecule has 2 aliphatic rings. The first-order valence-electron chi connectivity index (χ1n) is 6.63. The van der Waals surface area contributed by atoms with Gasteiger partial charge in [-0.25, -0.2) is 10.1 Å². The number of ether oxygens (including phenoxy) is 1. The molecule has 1 N–H and O–H groups in total. The Morgan fingerprint density at radius 1 is 1.63 bits per heavy atom. The third kappa shape index (κ3) is 3.77. The highest BCUT2D eigenvalue weighted by Crippen LogP contribution is 2.15. The second kappa shape index (κ2) is 6.16. The molecule has 1 unspecified atom stereocenters. The average molecular weight is 271 g/mol. The molecule has 0 aliphatic carbocycles. The van der Waals surface area contributed by atoms with Gasteiger partial charge in [-0.15, -0.1) is 0 Å². The molecule has 0 amide bonds. The SMILES string of the molecule is CC(C)N1CNC(=N[N+](=O)[O-])N(CC2CCCO2)C1. The van der Waals surface area contributed by atoms with Crippen molar-refractivity contribution in [3.63, 3.8) is 0 Å². The van der Waals surface area contributed by atoms with Crippen molar-refractivity contribution in [3.05, 3.63) is 10.1 Å². The molecule has 2 fully saturated rings. The van der Waals surface area contributed by atoms with Gasteiger partial charge in [0, 0.05) is 19.2 Å². The van der Waals surface area contributed by atoms with Gasteiger partial charge in [-0.3, -0.25) is 4.90 Å². The maximum absolute atomic E-state index is 10.6. The predicted octanol–water partition coefficient (Wildman–Crippen LogP) is 0.244. The summed E-state index contributed by atoms with van der Waals surface area (Å²) in [5.41, 5.74) is 0. The van der Waals surface area contributed by atoms with Gasteiger partial charge in [-0.2, -0.15) is 0 Å². The van der Waals surface area contributed by atoms with Gasteiger partial charge >= 0.3 is 0 Å². The minimum Gasteiger partial charge on any atom is -0.376 e. The zero-order chi connectivity index (χ0) is 13.8. The monoisotopic (exact) mass is 271 g/mol. The van der Waals surface area contributed by atoms with Crippen LogP contribution in [0.3, 0.4) is 0 Å². The molecule has 8 heteroatoms. The first kappa shape index (κ1) is 14.0. The lowest BCUT2D eigenvalue weighted by Gasteiger charge is -2.39. The third-order valence-electron chi connectivity index (χ3n) is 3.45. The summed E-state index contributed by atoms with van der Waals surface area (Å²) in [4.78, 5) is 14.7. The smallest absolute Gasteiger partial charge is 0.273 e. The molecular formula is C11H21N5O3. The van der Waals surface area contributed by atoms with E-state index in [1.807, 2.05) is 4.90 Å². The van der Waals surface area contributed by atoms with Crippen LogP contribution in [0.15, 0.2) is 5.10 Å². The predicted molar refractivity (Wildman–Crippen MR) is 70.0 cm³/mol. The number of rotatable bonds is 4. The molecule has 1 atom stereocenters. The van der Waals surface area contributed by atoms with Gasteiger partial charge < -0.3 is 15.0 Å². The Bertz CT molecular complexity index is 352. The molecule has 0 spiro atoms. The molecule has 0 aromatic carbocycles. The lowest BCUT2D eigenvalue weighted by Crippen LogP contribution is -2.60. The molecule has 2 aliphatic heterocycles. The maximum atomic E-state index is 10.6. The van der Waals surface area contributed by atoms with Crippen molar-refractivity contribution >= 4 is 5.96 Å². The van der Waals surface area contributed by atoms with E-state index >= 15 is 0 Å². The van der Waals surface area contributed by atoms with Crippen LogP contribution in [-0.4, -0.2) is 59.4 Å². The number of nitro groups is 1. The minimum absolute atomic E-state index is 0.144. The Labute approximate surface area is 112 Å². The van der Waals surface area contributed by atoms with Crippen molar-refractivity contribution in [2.45, 2.75) is 38.8 Å². The number of hydrogen-bond donors (Lipinski definition) is 1. The van der Waals surface area contributed by atoms with Gasteiger partial charge in [0.2, 0.25) is 0 Å². The zero-order valence-corrected chi connectivity index (χ0v) is 11.4. The summed E-state index contributed by atoms with van der Waals surface area (Å²) >= 11 is 0. The summed E-state index contributed by atoms with van der Waals surface area (Å²) in [6.45, 7) is 6.83. The number of hydrazone groups is 1. The Balaban J connectivity index is 2.03. The lowest BCUT2D eigenvalue weighted by molar-refractivity contribution is -0.486. The van der Waals surface area contributed by atoms with E-state index in [1.165, 1.54) is 0 Å². The molecule has 2 saturated heterocycles. The van der Waals surface area contributed by atoms with E-state index in [2.05, 4.69) is 29.2 Å². The molecule has 2 rings (SSSR count). The second-order valence-electron chi connectivity index (χ2n) is 5.18. The van der Waals surface area contributed by atoms with Crippen LogP contribution < -0.4 is 5.32 Å². The fourth-order valence-corrected chi connectivity index (χ4v) is 2.32. The first-order chi connectivity index (χ1) is 9.06. The highest BCUT2D eigenvalue weighted by molar-refractivity contribution is 5.79. The Hall–Kier alpha value is -1.41. The number of nitrogens with one attached hydrogen (secondary N) is 1. The van der Waals surface area contributed by atoms with E-state index in [1.54, 1.807) is 0 Å². The highest BCUT2D eigenvalue weighted by Gasteiger charge is 2.29. The summed E-state index contributed by atoms with van der Waals surface area (Å²) in [5, 5.41) is 16.4. The van der Waals surface area contributed by atoms with E-state index in [9.17, 15) is 10.1 Å². The average Bonchev–Trinajstić information content (AvgIpc) is 2.83. The summed E-state index contributed by atoms with van der Waals surface area (Å²) in [7, 11) is 0. The zero-order valence-electron chi connectivity index (χ0n) is 11.4. The Kier molecular flexibility index (Phi) is 4.54. The molecular weight excluding hydrogens is 250 g/mol. The van der Waals surface area contributed by atoms with Gasteiger partial charge in [0.25, 0.3) is 5.96 Å². The van der Waals surface area contributed by atoms with Gasteiger partial charge in [-0.1, -0.05) is 0 Å². The molecule has 0 bridgehead atoms. The van der Waals surface area contributed by atoms with Crippen LogP contribution in [-0.2, 0) is 4.74 Å². The fraction of sp³-hybridized carbons (Fsp3) is 0.909. The molecule has 108 valence electrons. The topological polar surface area (TPSA) is 83.2 Å². The maximum Gasteiger partial charge on any atom is 0.273 e. The lowest BCUT2D eigenvalue weighted by atomic mass is 10.2. The van der Waals surface area contributed by atoms with Gasteiger partial charge in [0.05, 0.1) is 19.4 Å². The van der Waals surface area contributed by atoms with E-state index in [0.29, 0.717) is 31.9 Å². The summed E-state index contributed by atoms with van der Waals surface area (Å²) in [6.07, 6.45) is 2.21. The first-order valence-corrected chi connectivity index (χ1v) is 6.63. The quantitative estimate of drug-likeness (QED) is 0.582. The van der Waals surface area contributed by atoms with E-state index in [4.69, 9.17) is 4.74 Å². The van der Waals surface area contributed by atoms with Crippen molar-refractivity contribution in [2.24, 2.45) is 5.10 Å². The number of nitrogens with zero attached hydrogens (tertiary/aromatic N) is 4. The Morgan fingerprint density at radius 2 is 2.42 bits per heavy atom. The highest BCUT2D eigenvalue weighted by atomic mass is 16.7. The van der Waals surface area contributed by atoms with Gasteiger partial charge in [-0.05, 0) is 26.7 Å². The second-order valence-corrected chi connectivity index (χ2v) is 5.18. The standard InChI is InChI=1S/C11H21N5O3/c1-9(2)15-7-12-11(13-16(17)18)14(8-15)6-10-4-3-5-19-10/h9-10H,3-8H2,1-2H3,(H,12,13). The molecule has 0 aromatic heterocycles. The van der Waals surface area contributed by atoms with Crippen LogP contribution in [0.2, 0.25) is 0 Å². The van der Waals surface area contributed by atoms with Crippen molar-refractivity contribution in [1.82, 2.24) is 15.1 Å². The van der Waals surface area contributed by atoms with Crippen molar-refractivity contribution in [3.8, 4) is 0 Å². The Morgan fingerprint density at radius 3 is 3.00 bits per heavy atom. The van der Waals surface area contributed by atoms with Crippen LogP contribution in [0.25, 0.3) is 0 Å². The van der Waals surface area contributed by atoms with Gasteiger partial charge in [0.15, 0.2) is 5.03 Å². The normalized spacial score (nSPS) is 27.0. The van der Waals surface area contributed by atoms with E-state index in [0.717, 1.165) is 19.4 Å². The van der Waals surface area contributed by atoms with Crippen molar-refractivity contribution < 1.29 is 9.77 Å². The van der Waals surface area contributed by atoms with Gasteiger partial charge in [0.1, 0.15) is 5.10 Å². The molecule has 0 radical (unpaired) electrons. The van der Waals surface area contributed by atoms with E-state index < -0.39 is 5.03 Å². The summed E-state index contributed by atoms with van der Waals surface area (Å²) < 4.78 is 5.59. The van der Waals surface area contributed by atoms with Crippen LogP contribution in [0.4, 0.5) is 0 Å². The molecule has 19 heavy (non-hydrogen) atoms. The minimum atomic E-state index is -0.657. The number of guanidine groups is 1. The molecule has 2 heterocycles. The number of hydrogen-bond acceptors (Lipinski definition) is 4. The van der Waals surface area contributed by atoms with Crippen LogP contribution in [0.1, 0.15) is 26.7 Å². The van der Waals surface area contributed by atoms with Crippen molar-refractivity contribution in [2.75, 3.05) is 26.5 Å². The molecule has 8 nitrogen and oxygen atoms in total. The third-order valence-corrected chi connectivity index (χ3v) is 3.45. The summed E-state index contributed by atoms with van der Waals surface area (Å²) in [6, 6.07) is 0.372. The van der Waals surface area contributed by atoms with E-state index in [-0.39, 0.29) is 6.10 Å². The van der Waals surface area contributed by atoms with Crippen LogP contribution in [0.5, 0.6) is 0 Å². The fourth-order valence-electron chi connectivity index (χ4n) is 2.32.